The molecule has 1 heterocycles. The summed E-state index contributed by atoms with van der Waals surface area (Å²) in [4.78, 5) is 24.5. The van der Waals surface area contributed by atoms with E-state index < -0.39 is 6.03 Å². The number of nitrogens with one attached hydrogen (secondary N) is 2. The van der Waals surface area contributed by atoms with Gasteiger partial charge in [0.15, 0.2) is 0 Å². The lowest BCUT2D eigenvalue weighted by atomic mass is 10.1. The van der Waals surface area contributed by atoms with Gasteiger partial charge in [-0.15, -0.1) is 0 Å². The lowest BCUT2D eigenvalue weighted by Gasteiger charge is -2.14. The topological polar surface area (TPSA) is 83.4 Å². The number of amides is 2. The third kappa shape index (κ3) is 5.76. The summed E-state index contributed by atoms with van der Waals surface area (Å²) in [6.45, 7) is 4.41. The van der Waals surface area contributed by atoms with E-state index in [2.05, 4.69) is 10.6 Å². The Bertz CT molecular complexity index is 753. The van der Waals surface area contributed by atoms with Gasteiger partial charge >= 0.3 is 6.03 Å². The molecule has 1 atom stereocenters. The summed E-state index contributed by atoms with van der Waals surface area (Å²) in [5, 5.41) is 14.2. The van der Waals surface area contributed by atoms with Gasteiger partial charge in [0, 0.05) is 18.8 Å². The number of aryl methyl sites for hydroxylation is 1. The van der Waals surface area contributed by atoms with Crippen LogP contribution < -0.4 is 16.2 Å². The van der Waals surface area contributed by atoms with E-state index in [4.69, 9.17) is 5.11 Å². The number of aliphatic hydroxyl groups is 1. The van der Waals surface area contributed by atoms with Crippen molar-refractivity contribution in [3.63, 3.8) is 0 Å². The van der Waals surface area contributed by atoms with E-state index in [9.17, 15) is 9.59 Å². The molecule has 134 valence electrons. The van der Waals surface area contributed by atoms with Crippen molar-refractivity contribution >= 4 is 11.7 Å². The smallest absolute Gasteiger partial charge is 0.319 e. The van der Waals surface area contributed by atoms with Crippen molar-refractivity contribution in [3.8, 4) is 0 Å². The number of carbonyl (C=O) groups excluding carboxylic acids is 1. The quantitative estimate of drug-likeness (QED) is 0.722. The summed E-state index contributed by atoms with van der Waals surface area (Å²) >= 11 is 0. The van der Waals surface area contributed by atoms with Gasteiger partial charge in [-0.05, 0) is 44.4 Å². The van der Waals surface area contributed by atoms with Crippen LogP contribution in [0.4, 0.5) is 10.5 Å². The fraction of sp³-hybridized carbons (Fsp3) is 0.368. The number of hydrogen-bond acceptors (Lipinski definition) is 3. The Morgan fingerprint density at radius 2 is 1.96 bits per heavy atom. The number of pyridine rings is 1. The average molecular weight is 343 g/mol. The maximum Gasteiger partial charge on any atom is 0.319 e. The van der Waals surface area contributed by atoms with Gasteiger partial charge in [-0.2, -0.15) is 0 Å². The molecule has 1 aromatic carbocycles. The molecule has 0 saturated heterocycles. The van der Waals surface area contributed by atoms with E-state index in [0.29, 0.717) is 19.4 Å². The molecule has 0 saturated carbocycles. The van der Waals surface area contributed by atoms with Crippen molar-refractivity contribution in [3.05, 3.63) is 64.1 Å². The number of benzene rings is 1. The minimum atomic E-state index is -0.421. The molecule has 2 aromatic rings. The van der Waals surface area contributed by atoms with Gasteiger partial charge in [0.2, 0.25) is 0 Å². The molecule has 2 rings (SSSR count). The molecule has 0 aliphatic heterocycles. The predicted octanol–water partition coefficient (Wildman–Crippen LogP) is 2.49. The van der Waals surface area contributed by atoms with Crippen LogP contribution in [0.15, 0.2) is 47.4 Å². The molecule has 1 unspecified atom stereocenters. The number of hydrogen-bond donors (Lipinski definition) is 3. The Balaban J connectivity index is 2.03. The molecule has 0 radical (unpaired) electrons. The van der Waals surface area contributed by atoms with Gasteiger partial charge in [0.25, 0.3) is 5.56 Å². The molecule has 2 amide bonds. The summed E-state index contributed by atoms with van der Waals surface area (Å²) in [6.07, 6.45) is 3.00. The lowest BCUT2D eigenvalue weighted by molar-refractivity contribution is 0.245. The maximum absolute atomic E-state index is 12.5. The average Bonchev–Trinajstić information content (AvgIpc) is 2.58. The van der Waals surface area contributed by atoms with Gasteiger partial charge in [-0.25, -0.2) is 4.79 Å². The van der Waals surface area contributed by atoms with Gasteiger partial charge in [0.05, 0.1) is 6.54 Å². The molecule has 0 aliphatic rings. The number of aromatic nitrogens is 1. The summed E-state index contributed by atoms with van der Waals surface area (Å²) in [6, 6.07) is 10.8. The Hall–Kier alpha value is -2.60. The zero-order valence-electron chi connectivity index (χ0n) is 14.7. The zero-order chi connectivity index (χ0) is 18.2. The van der Waals surface area contributed by atoms with Crippen LogP contribution in [-0.4, -0.2) is 28.4 Å². The normalized spacial score (nSPS) is 11.8. The minimum Gasteiger partial charge on any atom is -0.396 e. The third-order valence-electron chi connectivity index (χ3n) is 3.91. The van der Waals surface area contributed by atoms with Crippen LogP contribution in [0.1, 0.15) is 30.9 Å². The molecule has 0 aliphatic carbocycles. The van der Waals surface area contributed by atoms with E-state index in [1.54, 1.807) is 22.9 Å². The standard InChI is InChI=1S/C19H25N3O3/c1-14-7-9-16(10-8-14)13-22-11-3-6-17(18(22)24)21-19(25)20-15(2)5-4-12-23/h3,6-11,15,23H,4-5,12-13H2,1-2H3,(H2,20,21,25). The summed E-state index contributed by atoms with van der Waals surface area (Å²) in [5.41, 5.74) is 2.17. The van der Waals surface area contributed by atoms with Crippen molar-refractivity contribution in [2.24, 2.45) is 0 Å². The Kier molecular flexibility index (Phi) is 6.77. The van der Waals surface area contributed by atoms with E-state index >= 15 is 0 Å². The first-order valence-electron chi connectivity index (χ1n) is 8.43. The molecule has 3 N–H and O–H groups in total. The second-order valence-corrected chi connectivity index (χ2v) is 6.21. The maximum atomic E-state index is 12.5. The minimum absolute atomic E-state index is 0.0781. The molecule has 6 nitrogen and oxygen atoms in total. The predicted molar refractivity (Wildman–Crippen MR) is 98.9 cm³/mol. The number of aliphatic hydroxyl groups excluding tert-OH is 1. The summed E-state index contributed by atoms with van der Waals surface area (Å²) < 4.78 is 1.56. The molecular weight excluding hydrogens is 318 g/mol. The fourth-order valence-corrected chi connectivity index (χ4v) is 2.50. The van der Waals surface area contributed by atoms with Gasteiger partial charge < -0.3 is 20.3 Å². The van der Waals surface area contributed by atoms with Crippen LogP contribution >= 0.6 is 0 Å². The largest absolute Gasteiger partial charge is 0.396 e. The van der Waals surface area contributed by atoms with Crippen LogP contribution in [0.5, 0.6) is 0 Å². The van der Waals surface area contributed by atoms with Crippen LogP contribution in [0, 0.1) is 6.92 Å². The molecule has 0 spiro atoms. The van der Waals surface area contributed by atoms with Gasteiger partial charge in [0.1, 0.15) is 5.69 Å². The molecule has 25 heavy (non-hydrogen) atoms. The van der Waals surface area contributed by atoms with Crippen molar-refractivity contribution in [1.29, 1.82) is 0 Å². The monoisotopic (exact) mass is 343 g/mol. The highest BCUT2D eigenvalue weighted by molar-refractivity contribution is 5.89. The Morgan fingerprint density at radius 1 is 1.24 bits per heavy atom. The highest BCUT2D eigenvalue weighted by Gasteiger charge is 2.10. The number of nitrogens with zero attached hydrogens (tertiary/aromatic N) is 1. The lowest BCUT2D eigenvalue weighted by Crippen LogP contribution is -2.38. The second kappa shape index (κ2) is 9.03. The van der Waals surface area contributed by atoms with E-state index in [1.165, 1.54) is 5.56 Å². The van der Waals surface area contributed by atoms with Crippen LogP contribution in [0.3, 0.4) is 0 Å². The number of rotatable bonds is 7. The van der Waals surface area contributed by atoms with E-state index in [-0.39, 0.29) is 23.9 Å². The second-order valence-electron chi connectivity index (χ2n) is 6.21. The molecule has 0 fully saturated rings. The number of carbonyl (C=O) groups is 1. The Morgan fingerprint density at radius 3 is 2.64 bits per heavy atom. The Labute approximate surface area is 147 Å². The van der Waals surface area contributed by atoms with Crippen LogP contribution in [0.2, 0.25) is 0 Å². The molecule has 0 bridgehead atoms. The van der Waals surface area contributed by atoms with Crippen molar-refractivity contribution in [2.45, 2.75) is 39.3 Å². The highest BCUT2D eigenvalue weighted by atomic mass is 16.3. The SMILES string of the molecule is Cc1ccc(Cn2cccc(NC(=O)NC(C)CCCO)c2=O)cc1. The summed E-state index contributed by atoms with van der Waals surface area (Å²) in [5.74, 6) is 0. The van der Waals surface area contributed by atoms with Gasteiger partial charge in [-0.3, -0.25) is 4.79 Å². The molecule has 1 aromatic heterocycles. The van der Waals surface area contributed by atoms with E-state index in [1.807, 2.05) is 38.1 Å². The van der Waals surface area contributed by atoms with Crippen LogP contribution in [0.25, 0.3) is 0 Å². The highest BCUT2D eigenvalue weighted by Crippen LogP contribution is 2.06. The first-order chi connectivity index (χ1) is 12.0. The molecular formula is C19H25N3O3. The van der Waals surface area contributed by atoms with Crippen LogP contribution in [-0.2, 0) is 6.54 Å². The third-order valence-corrected chi connectivity index (χ3v) is 3.91. The first-order valence-corrected chi connectivity index (χ1v) is 8.43. The first kappa shape index (κ1) is 18.7. The van der Waals surface area contributed by atoms with Crippen molar-refractivity contribution in [2.75, 3.05) is 11.9 Å². The number of anilines is 1. The summed E-state index contributed by atoms with van der Waals surface area (Å²) in [7, 11) is 0. The fourth-order valence-electron chi connectivity index (χ4n) is 2.50. The van der Waals surface area contributed by atoms with Crippen molar-refractivity contribution in [1.82, 2.24) is 9.88 Å². The number of urea groups is 1. The van der Waals surface area contributed by atoms with E-state index in [0.717, 1.165) is 5.56 Å². The zero-order valence-corrected chi connectivity index (χ0v) is 14.7. The molecule has 6 heteroatoms. The van der Waals surface area contributed by atoms with Gasteiger partial charge in [-0.1, -0.05) is 29.8 Å². The van der Waals surface area contributed by atoms with Crippen molar-refractivity contribution < 1.29 is 9.90 Å².